The average molecular weight is 426 g/mol. The number of rotatable bonds is 6. The predicted molar refractivity (Wildman–Crippen MR) is 134 cm³/mol. The number of hydrogen-bond donors (Lipinski definition) is 0. The molecule has 0 amide bonds. The Morgan fingerprint density at radius 1 is 0.969 bits per heavy atom. The van der Waals surface area contributed by atoms with E-state index < -0.39 is 7.12 Å². The molecular formula is C28H31BO3. The van der Waals surface area contributed by atoms with Gasteiger partial charge in [0, 0.05) is 28.4 Å². The van der Waals surface area contributed by atoms with E-state index in [9.17, 15) is 0 Å². The summed E-state index contributed by atoms with van der Waals surface area (Å²) in [6, 6.07) is 19.2. The zero-order valence-electron chi connectivity index (χ0n) is 19.9. The second kappa shape index (κ2) is 7.50. The number of para-hydroxylation sites is 1. The van der Waals surface area contributed by atoms with Crippen LogP contribution in [0.5, 0.6) is 0 Å². The van der Waals surface area contributed by atoms with Gasteiger partial charge in [0.1, 0.15) is 11.2 Å². The van der Waals surface area contributed by atoms with Crippen molar-refractivity contribution >= 4 is 34.5 Å². The van der Waals surface area contributed by atoms with Crippen molar-refractivity contribution < 1.29 is 13.7 Å². The molecule has 0 aliphatic heterocycles. The first kappa shape index (κ1) is 21.3. The van der Waals surface area contributed by atoms with Gasteiger partial charge in [0.05, 0.1) is 0 Å². The van der Waals surface area contributed by atoms with Crippen molar-refractivity contribution in [1.29, 1.82) is 0 Å². The Bertz CT molecular complexity index is 1320. The van der Waals surface area contributed by atoms with Crippen molar-refractivity contribution in [2.75, 3.05) is 6.61 Å². The Hall–Kier alpha value is -2.56. The highest BCUT2D eigenvalue weighted by Crippen LogP contribution is 2.52. The van der Waals surface area contributed by atoms with Crippen LogP contribution in [0.15, 0.2) is 59.0 Å². The van der Waals surface area contributed by atoms with Crippen molar-refractivity contribution in [1.82, 2.24) is 0 Å². The number of fused-ring (bicyclic) bond motifs is 7. The maximum Gasteiger partial charge on any atom is 0.495 e. The minimum atomic E-state index is -0.469. The van der Waals surface area contributed by atoms with Gasteiger partial charge in [-0.05, 0) is 67.0 Å². The first-order valence-electron chi connectivity index (χ1n) is 11.7. The molecule has 3 nitrogen and oxygen atoms in total. The molecule has 1 aliphatic rings. The van der Waals surface area contributed by atoms with E-state index in [1.165, 1.54) is 27.6 Å². The molecule has 164 valence electrons. The SMILES string of the molecule is CCOB(OC(C)(C)CC)c1cc2oc3ccccc3c2c2c1-c1ccccc1C2(C)C. The molecule has 0 N–H and O–H groups in total. The van der Waals surface area contributed by atoms with E-state index >= 15 is 0 Å². The number of furan rings is 1. The molecule has 0 radical (unpaired) electrons. The summed E-state index contributed by atoms with van der Waals surface area (Å²) in [5.74, 6) is 0. The van der Waals surface area contributed by atoms with Crippen LogP contribution in [-0.4, -0.2) is 19.3 Å². The summed E-state index contributed by atoms with van der Waals surface area (Å²) in [5.41, 5.74) is 7.52. The Morgan fingerprint density at radius 3 is 2.44 bits per heavy atom. The van der Waals surface area contributed by atoms with Crippen LogP contribution in [0.25, 0.3) is 33.1 Å². The first-order valence-corrected chi connectivity index (χ1v) is 11.7. The molecule has 0 unspecified atom stereocenters. The van der Waals surface area contributed by atoms with Crippen molar-refractivity contribution in [2.45, 2.75) is 59.0 Å². The largest absolute Gasteiger partial charge is 0.495 e. The third-order valence-corrected chi connectivity index (χ3v) is 7.04. The summed E-state index contributed by atoms with van der Waals surface area (Å²) in [7, 11) is -0.469. The fraction of sp³-hybridized carbons (Fsp3) is 0.357. The second-order valence-electron chi connectivity index (χ2n) is 9.88. The van der Waals surface area contributed by atoms with Gasteiger partial charge in [0.2, 0.25) is 0 Å². The Balaban J connectivity index is 1.89. The minimum Gasteiger partial charge on any atom is -0.456 e. The topological polar surface area (TPSA) is 31.6 Å². The fourth-order valence-corrected chi connectivity index (χ4v) is 5.10. The average Bonchev–Trinajstić information content (AvgIpc) is 3.26. The third-order valence-electron chi connectivity index (χ3n) is 7.04. The lowest BCUT2D eigenvalue weighted by Crippen LogP contribution is -2.44. The molecule has 0 saturated carbocycles. The van der Waals surface area contributed by atoms with Gasteiger partial charge in [0.25, 0.3) is 0 Å². The first-order chi connectivity index (χ1) is 15.3. The van der Waals surface area contributed by atoms with Gasteiger partial charge in [-0.2, -0.15) is 0 Å². The molecule has 1 aromatic heterocycles. The van der Waals surface area contributed by atoms with Gasteiger partial charge >= 0.3 is 7.12 Å². The highest BCUT2D eigenvalue weighted by atomic mass is 16.6. The summed E-state index contributed by atoms with van der Waals surface area (Å²) in [5, 5.41) is 2.36. The second-order valence-corrected chi connectivity index (χ2v) is 9.88. The normalized spacial score (nSPS) is 14.7. The Morgan fingerprint density at radius 2 is 1.69 bits per heavy atom. The standard InChI is InChI=1S/C28H31BO3/c1-7-27(3,4)32-29(30-8-2)21-17-23-25(19-14-10-12-16-22(19)31-23)26-24(21)18-13-9-11-15-20(18)28(26,5)6/h9-17H,7-8H2,1-6H3. The molecule has 1 heterocycles. The lowest BCUT2D eigenvalue weighted by Gasteiger charge is -2.29. The van der Waals surface area contributed by atoms with Gasteiger partial charge in [-0.3, -0.25) is 0 Å². The van der Waals surface area contributed by atoms with Crippen LogP contribution >= 0.6 is 0 Å². The molecule has 3 aromatic carbocycles. The van der Waals surface area contributed by atoms with Gasteiger partial charge < -0.3 is 13.7 Å². The molecule has 4 aromatic rings. The molecule has 5 rings (SSSR count). The van der Waals surface area contributed by atoms with Gasteiger partial charge in [-0.25, -0.2) is 0 Å². The van der Waals surface area contributed by atoms with E-state index in [0.717, 1.165) is 28.4 Å². The summed E-state index contributed by atoms with van der Waals surface area (Å²) in [6.45, 7) is 13.6. The van der Waals surface area contributed by atoms with Crippen molar-refractivity contribution in [3.8, 4) is 11.1 Å². The lowest BCUT2D eigenvalue weighted by molar-refractivity contribution is 0.0707. The van der Waals surface area contributed by atoms with E-state index in [0.29, 0.717) is 6.61 Å². The molecular weight excluding hydrogens is 395 g/mol. The highest BCUT2D eigenvalue weighted by Gasteiger charge is 2.43. The molecule has 0 spiro atoms. The van der Waals surface area contributed by atoms with Crippen LogP contribution in [0.3, 0.4) is 0 Å². The van der Waals surface area contributed by atoms with Crippen LogP contribution in [0.4, 0.5) is 0 Å². The van der Waals surface area contributed by atoms with Gasteiger partial charge in [-0.15, -0.1) is 0 Å². The lowest BCUT2D eigenvalue weighted by atomic mass is 9.71. The highest BCUT2D eigenvalue weighted by molar-refractivity contribution is 6.64. The Labute approximate surface area is 190 Å². The van der Waals surface area contributed by atoms with Crippen LogP contribution in [0.2, 0.25) is 0 Å². The number of hydrogen-bond acceptors (Lipinski definition) is 3. The summed E-state index contributed by atoms with van der Waals surface area (Å²) in [6.07, 6.45) is 0.897. The van der Waals surface area contributed by atoms with Crippen molar-refractivity contribution in [3.63, 3.8) is 0 Å². The molecule has 0 atom stereocenters. The fourth-order valence-electron chi connectivity index (χ4n) is 5.10. The van der Waals surface area contributed by atoms with E-state index in [-0.39, 0.29) is 11.0 Å². The summed E-state index contributed by atoms with van der Waals surface area (Å²) < 4.78 is 19.2. The van der Waals surface area contributed by atoms with Crippen LogP contribution in [-0.2, 0) is 14.7 Å². The van der Waals surface area contributed by atoms with E-state index in [1.54, 1.807) is 0 Å². The maximum absolute atomic E-state index is 6.58. The number of benzene rings is 3. The maximum atomic E-state index is 6.58. The molecule has 0 saturated heterocycles. The smallest absolute Gasteiger partial charge is 0.456 e. The minimum absolute atomic E-state index is 0.163. The monoisotopic (exact) mass is 426 g/mol. The van der Waals surface area contributed by atoms with E-state index in [1.807, 2.05) is 19.1 Å². The zero-order valence-corrected chi connectivity index (χ0v) is 19.9. The predicted octanol–water partition coefficient (Wildman–Crippen LogP) is 6.83. The van der Waals surface area contributed by atoms with Gasteiger partial charge in [-0.1, -0.05) is 63.2 Å². The molecule has 0 bridgehead atoms. The molecule has 1 aliphatic carbocycles. The molecule has 4 heteroatoms. The molecule has 32 heavy (non-hydrogen) atoms. The van der Waals surface area contributed by atoms with E-state index in [4.69, 9.17) is 13.7 Å². The summed E-state index contributed by atoms with van der Waals surface area (Å²) in [4.78, 5) is 0. The third kappa shape index (κ3) is 3.12. The Kier molecular flexibility index (Phi) is 4.99. The van der Waals surface area contributed by atoms with Crippen LogP contribution in [0.1, 0.15) is 59.1 Å². The van der Waals surface area contributed by atoms with Crippen LogP contribution in [0, 0.1) is 0 Å². The van der Waals surface area contributed by atoms with Crippen molar-refractivity contribution in [3.05, 3.63) is 65.7 Å². The van der Waals surface area contributed by atoms with Crippen molar-refractivity contribution in [2.24, 2.45) is 0 Å². The molecule has 0 fully saturated rings. The zero-order chi connectivity index (χ0) is 22.7. The van der Waals surface area contributed by atoms with Crippen LogP contribution < -0.4 is 5.46 Å². The van der Waals surface area contributed by atoms with E-state index in [2.05, 4.69) is 77.1 Å². The van der Waals surface area contributed by atoms with Gasteiger partial charge in [0.15, 0.2) is 0 Å². The quantitative estimate of drug-likeness (QED) is 0.317. The summed E-state index contributed by atoms with van der Waals surface area (Å²) >= 11 is 0.